The van der Waals surface area contributed by atoms with Crippen LogP contribution in [-0.4, -0.2) is 33.2 Å². The maximum Gasteiger partial charge on any atom is 0.242 e. The Morgan fingerprint density at radius 1 is 1.10 bits per heavy atom. The van der Waals surface area contributed by atoms with E-state index in [1.807, 2.05) is 68.1 Å². The summed E-state index contributed by atoms with van der Waals surface area (Å²) in [7, 11) is 0. The molecule has 5 nitrogen and oxygen atoms in total. The number of thioether (sulfide) groups is 1. The van der Waals surface area contributed by atoms with Gasteiger partial charge in [0.1, 0.15) is 5.25 Å². The van der Waals surface area contributed by atoms with Crippen molar-refractivity contribution in [2.75, 3.05) is 5.32 Å². The normalized spacial score (nSPS) is 20.6. The number of carbonyl (C=O) groups is 2. The first-order valence-electron chi connectivity index (χ1n) is 10.9. The summed E-state index contributed by atoms with van der Waals surface area (Å²) in [6, 6.07) is 14.2. The van der Waals surface area contributed by atoms with E-state index in [2.05, 4.69) is 5.32 Å². The predicted octanol–water partition coefficient (Wildman–Crippen LogP) is 5.51. The molecule has 2 aromatic carbocycles. The predicted molar refractivity (Wildman–Crippen MR) is 128 cm³/mol. The van der Waals surface area contributed by atoms with Gasteiger partial charge in [0, 0.05) is 18.2 Å². The molecule has 1 unspecified atom stereocenters. The molecule has 0 aromatic heterocycles. The van der Waals surface area contributed by atoms with E-state index in [-0.39, 0.29) is 24.3 Å². The van der Waals surface area contributed by atoms with Crippen LogP contribution in [0.1, 0.15) is 48.8 Å². The van der Waals surface area contributed by atoms with Gasteiger partial charge >= 0.3 is 0 Å². The molecule has 31 heavy (non-hydrogen) atoms. The number of nitrogens with one attached hydrogen (secondary N) is 1. The minimum Gasteiger partial charge on any atom is -0.326 e. The van der Waals surface area contributed by atoms with Gasteiger partial charge in [-0.3, -0.25) is 14.5 Å². The SMILES string of the molecule is Cc1cccc(N=C2SC(CC(=O)Nc3cc(C)ccc3C)C(=O)N2C2CCCC2)c1. The first-order valence-corrected chi connectivity index (χ1v) is 11.8. The van der Waals surface area contributed by atoms with Crippen LogP contribution < -0.4 is 5.32 Å². The van der Waals surface area contributed by atoms with Gasteiger partial charge in [-0.1, -0.05) is 48.9 Å². The number of rotatable bonds is 5. The van der Waals surface area contributed by atoms with Gasteiger partial charge in [-0.05, 0) is 68.5 Å². The number of hydrogen-bond donors (Lipinski definition) is 1. The zero-order valence-corrected chi connectivity index (χ0v) is 19.2. The Hall–Kier alpha value is -2.60. The van der Waals surface area contributed by atoms with Crippen LogP contribution in [0.3, 0.4) is 0 Å². The summed E-state index contributed by atoms with van der Waals surface area (Å²) in [4.78, 5) is 32.8. The second-order valence-corrected chi connectivity index (χ2v) is 9.73. The largest absolute Gasteiger partial charge is 0.326 e. The van der Waals surface area contributed by atoms with Gasteiger partial charge in [-0.25, -0.2) is 4.99 Å². The van der Waals surface area contributed by atoms with Crippen LogP contribution in [-0.2, 0) is 9.59 Å². The molecule has 1 atom stereocenters. The maximum absolute atomic E-state index is 13.3. The lowest BCUT2D eigenvalue weighted by atomic mass is 10.1. The Morgan fingerprint density at radius 2 is 1.84 bits per heavy atom. The van der Waals surface area contributed by atoms with Crippen molar-refractivity contribution in [2.24, 2.45) is 4.99 Å². The van der Waals surface area contributed by atoms with Gasteiger partial charge in [0.05, 0.1) is 5.69 Å². The summed E-state index contributed by atoms with van der Waals surface area (Å²) in [5, 5.41) is 3.28. The molecular weight excluding hydrogens is 406 g/mol. The fourth-order valence-corrected chi connectivity index (χ4v) is 5.45. The monoisotopic (exact) mass is 435 g/mol. The van der Waals surface area contributed by atoms with Crippen LogP contribution in [0.25, 0.3) is 0 Å². The number of anilines is 1. The molecular formula is C25H29N3O2S. The number of carbonyl (C=O) groups excluding carboxylic acids is 2. The van der Waals surface area contributed by atoms with Crippen molar-refractivity contribution in [3.63, 3.8) is 0 Å². The molecule has 1 aliphatic heterocycles. The molecule has 1 heterocycles. The lowest BCUT2D eigenvalue weighted by Crippen LogP contribution is -2.40. The first kappa shape index (κ1) is 21.6. The molecule has 1 saturated carbocycles. The molecule has 0 spiro atoms. The van der Waals surface area contributed by atoms with E-state index >= 15 is 0 Å². The molecule has 162 valence electrons. The molecule has 0 radical (unpaired) electrons. The lowest BCUT2D eigenvalue weighted by Gasteiger charge is -2.23. The molecule has 2 aliphatic rings. The number of amidine groups is 1. The standard InChI is InChI=1S/C25H29N3O2S/c1-16-7-6-8-19(13-16)26-25-28(20-9-4-5-10-20)24(30)22(31-25)15-23(29)27-21-14-17(2)11-12-18(21)3/h6-8,11-14,20,22H,4-5,9-10,15H2,1-3H3,(H,27,29). The Bertz CT molecular complexity index is 1030. The summed E-state index contributed by atoms with van der Waals surface area (Å²) in [6.45, 7) is 6.00. The number of aryl methyl sites for hydroxylation is 3. The van der Waals surface area contributed by atoms with Gasteiger partial charge in [0.25, 0.3) is 0 Å². The second-order valence-electron chi connectivity index (χ2n) is 8.56. The van der Waals surface area contributed by atoms with E-state index in [1.165, 1.54) is 11.8 Å². The number of benzene rings is 2. The minimum absolute atomic E-state index is 0.0133. The highest BCUT2D eigenvalue weighted by molar-refractivity contribution is 8.15. The smallest absolute Gasteiger partial charge is 0.242 e. The summed E-state index contributed by atoms with van der Waals surface area (Å²) >= 11 is 1.43. The van der Waals surface area contributed by atoms with Gasteiger partial charge < -0.3 is 5.32 Å². The first-order chi connectivity index (χ1) is 14.9. The third-order valence-electron chi connectivity index (χ3n) is 5.92. The minimum atomic E-state index is -0.436. The molecule has 2 aromatic rings. The summed E-state index contributed by atoms with van der Waals surface area (Å²) < 4.78 is 0. The van der Waals surface area contributed by atoms with Gasteiger partial charge in [-0.2, -0.15) is 0 Å². The highest BCUT2D eigenvalue weighted by Crippen LogP contribution is 2.37. The van der Waals surface area contributed by atoms with Gasteiger partial charge in [0.15, 0.2) is 5.17 Å². The van der Waals surface area contributed by atoms with E-state index in [9.17, 15) is 9.59 Å². The molecule has 1 N–H and O–H groups in total. The Kier molecular flexibility index (Phi) is 6.46. The van der Waals surface area contributed by atoms with E-state index in [0.717, 1.165) is 58.9 Å². The highest BCUT2D eigenvalue weighted by atomic mass is 32.2. The molecule has 6 heteroatoms. The molecule has 2 amide bonds. The lowest BCUT2D eigenvalue weighted by molar-refractivity contribution is -0.129. The molecule has 1 aliphatic carbocycles. The third kappa shape index (κ3) is 5.01. The zero-order valence-electron chi connectivity index (χ0n) is 18.4. The van der Waals surface area contributed by atoms with Crippen LogP contribution in [0.4, 0.5) is 11.4 Å². The number of amides is 2. The van der Waals surface area contributed by atoms with Crippen LogP contribution >= 0.6 is 11.8 Å². The van der Waals surface area contributed by atoms with Crippen LogP contribution in [0.15, 0.2) is 47.5 Å². The third-order valence-corrected chi connectivity index (χ3v) is 7.07. The number of hydrogen-bond acceptors (Lipinski definition) is 4. The summed E-state index contributed by atoms with van der Waals surface area (Å²) in [5.74, 6) is -0.123. The number of nitrogens with zero attached hydrogens (tertiary/aromatic N) is 2. The fraction of sp³-hybridized carbons (Fsp3) is 0.400. The van der Waals surface area contributed by atoms with Crippen molar-refractivity contribution < 1.29 is 9.59 Å². The quantitative estimate of drug-likeness (QED) is 0.673. The zero-order chi connectivity index (χ0) is 22.0. The van der Waals surface area contributed by atoms with Crippen molar-refractivity contribution in [1.29, 1.82) is 0 Å². The fourth-order valence-electron chi connectivity index (χ4n) is 4.24. The van der Waals surface area contributed by atoms with Gasteiger partial charge in [-0.15, -0.1) is 0 Å². The van der Waals surface area contributed by atoms with Crippen molar-refractivity contribution in [2.45, 2.75) is 64.2 Å². The summed E-state index contributed by atoms with van der Waals surface area (Å²) in [5.41, 5.74) is 4.89. The van der Waals surface area contributed by atoms with Crippen LogP contribution in [0.5, 0.6) is 0 Å². The van der Waals surface area contributed by atoms with Crippen molar-refractivity contribution in [3.05, 3.63) is 59.2 Å². The van der Waals surface area contributed by atoms with Crippen LogP contribution in [0, 0.1) is 20.8 Å². The topological polar surface area (TPSA) is 61.8 Å². The average molecular weight is 436 g/mol. The Morgan fingerprint density at radius 3 is 2.58 bits per heavy atom. The Labute approximate surface area is 188 Å². The van der Waals surface area contributed by atoms with E-state index in [4.69, 9.17) is 4.99 Å². The summed E-state index contributed by atoms with van der Waals surface area (Å²) in [6.07, 6.45) is 4.41. The molecule has 2 fully saturated rings. The average Bonchev–Trinajstić information content (AvgIpc) is 3.33. The molecule has 4 rings (SSSR count). The van der Waals surface area contributed by atoms with E-state index < -0.39 is 5.25 Å². The van der Waals surface area contributed by atoms with E-state index in [0.29, 0.717) is 0 Å². The van der Waals surface area contributed by atoms with Crippen molar-refractivity contribution >= 4 is 40.1 Å². The molecule has 0 bridgehead atoms. The highest BCUT2D eigenvalue weighted by Gasteiger charge is 2.43. The van der Waals surface area contributed by atoms with Crippen molar-refractivity contribution in [1.82, 2.24) is 4.90 Å². The van der Waals surface area contributed by atoms with E-state index in [1.54, 1.807) is 0 Å². The van der Waals surface area contributed by atoms with Crippen LogP contribution in [0.2, 0.25) is 0 Å². The number of aliphatic imine (C=N–C) groups is 1. The maximum atomic E-state index is 13.3. The second kappa shape index (κ2) is 9.27. The Balaban J connectivity index is 1.53. The molecule has 1 saturated heterocycles. The van der Waals surface area contributed by atoms with Crippen molar-refractivity contribution in [3.8, 4) is 0 Å². The van der Waals surface area contributed by atoms with Gasteiger partial charge in [0.2, 0.25) is 11.8 Å².